The lowest BCUT2D eigenvalue weighted by Gasteiger charge is -2.30. The van der Waals surface area contributed by atoms with Crippen molar-refractivity contribution < 1.29 is 5.11 Å². The maximum atomic E-state index is 10.8. The molecule has 0 bridgehead atoms. The van der Waals surface area contributed by atoms with Crippen LogP contribution in [0.4, 0.5) is 0 Å². The van der Waals surface area contributed by atoms with Crippen molar-refractivity contribution >= 4 is 6.08 Å². The van der Waals surface area contributed by atoms with Crippen LogP contribution in [0.5, 0.6) is 0 Å². The van der Waals surface area contributed by atoms with Gasteiger partial charge in [-0.05, 0) is 36.7 Å². The molecule has 0 aliphatic rings. The number of benzene rings is 1. The summed E-state index contributed by atoms with van der Waals surface area (Å²) in [6.07, 6.45) is 6.68. The average Bonchev–Trinajstić information content (AvgIpc) is 2.27. The lowest BCUT2D eigenvalue weighted by atomic mass is 9.82. The molecule has 0 aliphatic heterocycles. The highest BCUT2D eigenvalue weighted by molar-refractivity contribution is 5.48. The molecular formula is C18H28O. The van der Waals surface area contributed by atoms with Gasteiger partial charge in [0.15, 0.2) is 0 Å². The van der Waals surface area contributed by atoms with Gasteiger partial charge in [-0.1, -0.05) is 70.2 Å². The summed E-state index contributed by atoms with van der Waals surface area (Å²) in [5.74, 6) is 1.04. The van der Waals surface area contributed by atoms with E-state index in [2.05, 4.69) is 52.0 Å². The van der Waals surface area contributed by atoms with Crippen molar-refractivity contribution in [2.75, 3.05) is 0 Å². The second kappa shape index (κ2) is 7.49. The SMILES string of the molecule is CC(C)CC(O)(C/C=C/c1ccccc1)CC(C)C. The monoisotopic (exact) mass is 260 g/mol. The fraction of sp³-hybridized carbons (Fsp3) is 0.556. The summed E-state index contributed by atoms with van der Waals surface area (Å²) in [5.41, 5.74) is 0.632. The van der Waals surface area contributed by atoms with Gasteiger partial charge in [-0.25, -0.2) is 0 Å². The molecule has 0 atom stereocenters. The van der Waals surface area contributed by atoms with E-state index in [1.807, 2.05) is 18.2 Å². The molecule has 0 fully saturated rings. The molecule has 0 aromatic heterocycles. The van der Waals surface area contributed by atoms with E-state index < -0.39 is 5.60 Å². The van der Waals surface area contributed by atoms with Gasteiger partial charge < -0.3 is 5.11 Å². The number of aliphatic hydroxyl groups is 1. The molecule has 1 aromatic carbocycles. The Balaban J connectivity index is 2.65. The van der Waals surface area contributed by atoms with Crippen LogP contribution in [0.25, 0.3) is 6.08 Å². The molecule has 0 amide bonds. The first-order valence-corrected chi connectivity index (χ1v) is 7.35. The molecule has 1 N–H and O–H groups in total. The third kappa shape index (κ3) is 6.58. The normalized spacial score (nSPS) is 12.8. The minimum Gasteiger partial charge on any atom is -0.390 e. The maximum absolute atomic E-state index is 10.8. The molecule has 0 radical (unpaired) electrons. The van der Waals surface area contributed by atoms with Crippen molar-refractivity contribution in [3.05, 3.63) is 42.0 Å². The summed E-state index contributed by atoms with van der Waals surface area (Å²) in [6.45, 7) is 8.69. The molecule has 19 heavy (non-hydrogen) atoms. The van der Waals surface area contributed by atoms with E-state index in [9.17, 15) is 5.11 Å². The topological polar surface area (TPSA) is 20.2 Å². The molecule has 1 heteroatoms. The van der Waals surface area contributed by atoms with Gasteiger partial charge in [-0.15, -0.1) is 0 Å². The predicted molar refractivity (Wildman–Crippen MR) is 84.0 cm³/mol. The third-order valence-corrected chi connectivity index (χ3v) is 3.18. The van der Waals surface area contributed by atoms with Crippen molar-refractivity contribution in [1.29, 1.82) is 0 Å². The maximum Gasteiger partial charge on any atom is 0.0687 e. The minimum absolute atomic E-state index is 0.522. The zero-order valence-electron chi connectivity index (χ0n) is 12.8. The van der Waals surface area contributed by atoms with Crippen molar-refractivity contribution in [1.82, 2.24) is 0 Å². The number of hydrogen-bond donors (Lipinski definition) is 1. The Kier molecular flexibility index (Phi) is 6.30. The highest BCUT2D eigenvalue weighted by Gasteiger charge is 2.27. The standard InChI is InChI=1S/C18H28O/c1-15(2)13-18(19,14-16(3)4)12-8-11-17-9-6-5-7-10-17/h5-11,15-16,19H,12-14H2,1-4H3/b11-8+. The molecule has 0 aliphatic carbocycles. The molecule has 0 unspecified atom stereocenters. The molecule has 0 saturated carbocycles. The second-order valence-electron chi connectivity index (χ2n) is 6.44. The van der Waals surface area contributed by atoms with Crippen LogP contribution in [0, 0.1) is 11.8 Å². The van der Waals surface area contributed by atoms with Crippen LogP contribution in [0.1, 0.15) is 52.5 Å². The Morgan fingerprint density at radius 1 is 1.00 bits per heavy atom. The lowest BCUT2D eigenvalue weighted by Crippen LogP contribution is -2.31. The lowest BCUT2D eigenvalue weighted by molar-refractivity contribution is 0.00333. The largest absolute Gasteiger partial charge is 0.390 e. The van der Waals surface area contributed by atoms with E-state index in [1.165, 1.54) is 5.56 Å². The van der Waals surface area contributed by atoms with E-state index in [0.29, 0.717) is 11.8 Å². The summed E-state index contributed by atoms with van der Waals surface area (Å²) in [4.78, 5) is 0. The van der Waals surface area contributed by atoms with Gasteiger partial charge in [-0.2, -0.15) is 0 Å². The summed E-state index contributed by atoms with van der Waals surface area (Å²) in [6, 6.07) is 10.3. The van der Waals surface area contributed by atoms with Crippen LogP contribution in [-0.2, 0) is 0 Å². The number of rotatable bonds is 7. The first-order valence-electron chi connectivity index (χ1n) is 7.35. The molecule has 1 nitrogen and oxygen atoms in total. The van der Waals surface area contributed by atoms with Gasteiger partial charge in [0.1, 0.15) is 0 Å². The summed E-state index contributed by atoms with van der Waals surface area (Å²) in [5, 5.41) is 10.8. The summed E-state index contributed by atoms with van der Waals surface area (Å²) >= 11 is 0. The smallest absolute Gasteiger partial charge is 0.0687 e. The highest BCUT2D eigenvalue weighted by Crippen LogP contribution is 2.28. The molecule has 0 heterocycles. The quantitative estimate of drug-likeness (QED) is 0.738. The minimum atomic E-state index is -0.562. The van der Waals surface area contributed by atoms with E-state index >= 15 is 0 Å². The Hall–Kier alpha value is -1.08. The van der Waals surface area contributed by atoms with Gasteiger partial charge in [-0.3, -0.25) is 0 Å². The van der Waals surface area contributed by atoms with Crippen LogP contribution < -0.4 is 0 Å². The van der Waals surface area contributed by atoms with Crippen molar-refractivity contribution in [2.45, 2.75) is 52.6 Å². The first kappa shape index (κ1) is 16.0. The highest BCUT2D eigenvalue weighted by atomic mass is 16.3. The third-order valence-electron chi connectivity index (χ3n) is 3.18. The van der Waals surface area contributed by atoms with E-state index in [4.69, 9.17) is 0 Å². The zero-order valence-corrected chi connectivity index (χ0v) is 12.8. The van der Waals surface area contributed by atoms with Gasteiger partial charge in [0.2, 0.25) is 0 Å². The second-order valence-corrected chi connectivity index (χ2v) is 6.44. The van der Waals surface area contributed by atoms with Gasteiger partial charge in [0, 0.05) is 0 Å². The first-order chi connectivity index (χ1) is 8.91. The Morgan fingerprint density at radius 2 is 1.53 bits per heavy atom. The molecule has 0 saturated heterocycles. The number of hydrogen-bond acceptors (Lipinski definition) is 1. The van der Waals surface area contributed by atoms with Crippen molar-refractivity contribution in [2.24, 2.45) is 11.8 Å². The summed E-state index contributed by atoms with van der Waals surface area (Å²) < 4.78 is 0. The van der Waals surface area contributed by atoms with Gasteiger partial charge in [0.25, 0.3) is 0 Å². The fourth-order valence-corrected chi connectivity index (χ4v) is 2.75. The van der Waals surface area contributed by atoms with Gasteiger partial charge >= 0.3 is 0 Å². The van der Waals surface area contributed by atoms with E-state index in [1.54, 1.807) is 0 Å². The van der Waals surface area contributed by atoms with E-state index in [0.717, 1.165) is 19.3 Å². The average molecular weight is 260 g/mol. The Labute approximate surface area is 118 Å². The Bertz CT molecular complexity index is 366. The molecule has 1 rings (SSSR count). The van der Waals surface area contributed by atoms with Crippen LogP contribution in [0.2, 0.25) is 0 Å². The molecule has 1 aromatic rings. The summed E-state index contributed by atoms with van der Waals surface area (Å²) in [7, 11) is 0. The van der Waals surface area contributed by atoms with Crippen LogP contribution in [0.15, 0.2) is 36.4 Å². The molecule has 106 valence electrons. The van der Waals surface area contributed by atoms with E-state index in [-0.39, 0.29) is 0 Å². The van der Waals surface area contributed by atoms with Crippen molar-refractivity contribution in [3.63, 3.8) is 0 Å². The van der Waals surface area contributed by atoms with Crippen molar-refractivity contribution in [3.8, 4) is 0 Å². The predicted octanol–water partition coefficient (Wildman–Crippen LogP) is 4.91. The molecule has 0 spiro atoms. The van der Waals surface area contributed by atoms with Crippen LogP contribution in [0.3, 0.4) is 0 Å². The van der Waals surface area contributed by atoms with Crippen LogP contribution >= 0.6 is 0 Å². The Morgan fingerprint density at radius 3 is 2.00 bits per heavy atom. The zero-order chi connectivity index (χ0) is 14.3. The molecular weight excluding hydrogens is 232 g/mol. The fourth-order valence-electron chi connectivity index (χ4n) is 2.75. The van der Waals surface area contributed by atoms with Crippen LogP contribution in [-0.4, -0.2) is 10.7 Å². The van der Waals surface area contributed by atoms with Gasteiger partial charge in [0.05, 0.1) is 5.60 Å².